The predicted octanol–water partition coefficient (Wildman–Crippen LogP) is 3.67. The van der Waals surface area contributed by atoms with Gasteiger partial charge in [-0.2, -0.15) is 0 Å². The lowest BCUT2D eigenvalue weighted by Crippen LogP contribution is -2.50. The molecule has 7 nitrogen and oxygen atoms in total. The van der Waals surface area contributed by atoms with E-state index in [2.05, 4.69) is 10.6 Å². The van der Waals surface area contributed by atoms with E-state index in [1.165, 1.54) is 12.1 Å². The lowest BCUT2D eigenvalue weighted by atomic mass is 10.0. The van der Waals surface area contributed by atoms with Gasteiger partial charge in [0.1, 0.15) is 11.7 Å². The molecule has 1 aromatic rings. The molecule has 0 saturated heterocycles. The van der Waals surface area contributed by atoms with Crippen molar-refractivity contribution in [2.24, 2.45) is 11.8 Å². The quantitative estimate of drug-likeness (QED) is 0.462. The fraction of sp³-hybridized carbons (Fsp3) is 0.529. The fourth-order valence-corrected chi connectivity index (χ4v) is 3.80. The van der Waals surface area contributed by atoms with Gasteiger partial charge in [-0.15, -0.1) is 0 Å². The van der Waals surface area contributed by atoms with Gasteiger partial charge in [0.15, 0.2) is 0 Å². The van der Waals surface area contributed by atoms with Crippen molar-refractivity contribution in [3.05, 3.63) is 28.2 Å². The van der Waals surface area contributed by atoms with E-state index in [1.807, 2.05) is 0 Å². The van der Waals surface area contributed by atoms with Crippen LogP contribution >= 0.6 is 30.8 Å². The van der Waals surface area contributed by atoms with Crippen LogP contribution in [0.15, 0.2) is 18.2 Å². The molecule has 0 spiro atoms. The normalized spacial score (nSPS) is 14.1. The zero-order valence-corrected chi connectivity index (χ0v) is 18.0. The molecule has 4 N–H and O–H groups in total. The van der Waals surface area contributed by atoms with Gasteiger partial charge in [-0.1, -0.05) is 50.9 Å². The second kappa shape index (κ2) is 9.89. The zero-order chi connectivity index (χ0) is 20.9. The van der Waals surface area contributed by atoms with Crippen LogP contribution in [0.25, 0.3) is 0 Å². The maximum atomic E-state index is 12.6. The summed E-state index contributed by atoms with van der Waals surface area (Å²) in [6.45, 7) is 6.95. The van der Waals surface area contributed by atoms with Crippen molar-refractivity contribution in [2.75, 3.05) is 5.32 Å². The predicted molar refractivity (Wildman–Crippen MR) is 107 cm³/mol. The van der Waals surface area contributed by atoms with Crippen LogP contribution in [0, 0.1) is 11.8 Å². The molecular formula is C17H25Cl2N2O5P. The van der Waals surface area contributed by atoms with Crippen molar-refractivity contribution < 1.29 is 23.9 Å². The minimum Gasteiger partial charge on any atom is -0.343 e. The first kappa shape index (κ1) is 23.9. The van der Waals surface area contributed by atoms with Gasteiger partial charge in [-0.05, 0) is 36.5 Å². The van der Waals surface area contributed by atoms with Crippen LogP contribution in [-0.4, -0.2) is 33.3 Å². The molecule has 10 heteroatoms. The lowest BCUT2D eigenvalue weighted by Gasteiger charge is -2.26. The summed E-state index contributed by atoms with van der Waals surface area (Å²) in [6.07, 6.45) is 0.00926. The van der Waals surface area contributed by atoms with Gasteiger partial charge >= 0.3 is 7.60 Å². The van der Waals surface area contributed by atoms with E-state index in [1.54, 1.807) is 33.8 Å². The van der Waals surface area contributed by atoms with Crippen molar-refractivity contribution in [3.8, 4) is 0 Å². The van der Waals surface area contributed by atoms with E-state index in [9.17, 15) is 23.9 Å². The van der Waals surface area contributed by atoms with Crippen molar-refractivity contribution in [1.29, 1.82) is 0 Å². The van der Waals surface area contributed by atoms with Crippen LogP contribution in [0.3, 0.4) is 0 Å². The van der Waals surface area contributed by atoms with E-state index in [4.69, 9.17) is 23.2 Å². The van der Waals surface area contributed by atoms with Crippen LogP contribution in [0.5, 0.6) is 0 Å². The van der Waals surface area contributed by atoms with Gasteiger partial charge in [0.25, 0.3) is 0 Å². The minimum atomic E-state index is -4.66. The van der Waals surface area contributed by atoms with Crippen molar-refractivity contribution >= 4 is 48.3 Å². The van der Waals surface area contributed by atoms with Crippen LogP contribution in [0.2, 0.25) is 10.0 Å². The number of anilines is 1. The summed E-state index contributed by atoms with van der Waals surface area (Å²) < 4.78 is 11.7. The third kappa shape index (κ3) is 7.43. The van der Waals surface area contributed by atoms with Crippen molar-refractivity contribution in [1.82, 2.24) is 5.32 Å². The summed E-state index contributed by atoms with van der Waals surface area (Å²) >= 11 is 11.8. The fourth-order valence-electron chi connectivity index (χ4n) is 2.42. The van der Waals surface area contributed by atoms with Crippen LogP contribution in [0.1, 0.15) is 34.1 Å². The number of amides is 2. The number of nitrogens with one attached hydrogen (secondary N) is 2. The Morgan fingerprint density at radius 3 is 2.11 bits per heavy atom. The molecule has 0 radical (unpaired) electrons. The second-order valence-electron chi connectivity index (χ2n) is 7.08. The zero-order valence-electron chi connectivity index (χ0n) is 15.6. The standard InChI is InChI=1S/C17H25Cl2N2O5P/c1-9(2)7-14(27(24,25)26)16(22)21-15(10(3)4)17(23)20-11-5-6-12(18)13(19)8-11/h5-6,8-10,14-15H,7H2,1-4H3,(H,20,23)(H,21,22)(H2,24,25,26)/t14?,15-/m0/s1. The summed E-state index contributed by atoms with van der Waals surface area (Å²) in [7, 11) is -4.66. The first-order valence-corrected chi connectivity index (χ1v) is 10.9. The Bertz CT molecular complexity index is 736. The summed E-state index contributed by atoms with van der Waals surface area (Å²) in [5.41, 5.74) is -1.11. The Labute approximate surface area is 169 Å². The number of carbonyl (C=O) groups excluding carboxylic acids is 2. The van der Waals surface area contributed by atoms with Crippen LogP contribution in [0.4, 0.5) is 5.69 Å². The summed E-state index contributed by atoms with van der Waals surface area (Å²) in [5, 5.41) is 5.69. The molecule has 2 amide bonds. The molecule has 27 heavy (non-hydrogen) atoms. The average molecular weight is 439 g/mol. The highest BCUT2D eigenvalue weighted by molar-refractivity contribution is 7.53. The van der Waals surface area contributed by atoms with Gasteiger partial charge < -0.3 is 20.4 Å². The molecule has 1 unspecified atom stereocenters. The first-order valence-electron chi connectivity index (χ1n) is 8.44. The Morgan fingerprint density at radius 1 is 1.07 bits per heavy atom. The van der Waals surface area contributed by atoms with E-state index >= 15 is 0 Å². The number of hydrogen-bond acceptors (Lipinski definition) is 3. The van der Waals surface area contributed by atoms with Gasteiger partial charge in [0.2, 0.25) is 11.8 Å². The molecular weight excluding hydrogens is 414 g/mol. The highest BCUT2D eigenvalue weighted by Gasteiger charge is 2.38. The Morgan fingerprint density at radius 2 is 1.67 bits per heavy atom. The highest BCUT2D eigenvalue weighted by atomic mass is 35.5. The summed E-state index contributed by atoms with van der Waals surface area (Å²) in [4.78, 5) is 44.1. The molecule has 0 fully saturated rings. The van der Waals surface area contributed by atoms with Crippen LogP contribution in [-0.2, 0) is 14.2 Å². The lowest BCUT2D eigenvalue weighted by molar-refractivity contribution is -0.127. The Hall–Kier alpha value is -1.11. The largest absolute Gasteiger partial charge is 0.343 e. The Balaban J connectivity index is 2.96. The maximum absolute atomic E-state index is 12.6. The van der Waals surface area contributed by atoms with Gasteiger partial charge in [-0.25, -0.2) is 0 Å². The van der Waals surface area contributed by atoms with Crippen LogP contribution < -0.4 is 10.6 Å². The number of benzene rings is 1. The topological polar surface area (TPSA) is 116 Å². The molecule has 0 aliphatic carbocycles. The molecule has 0 saturated carbocycles. The van der Waals surface area contributed by atoms with E-state index < -0.39 is 31.1 Å². The van der Waals surface area contributed by atoms with Gasteiger partial charge in [0, 0.05) is 5.69 Å². The smallest absolute Gasteiger partial charge is 0.337 e. The van der Waals surface area contributed by atoms with Crippen molar-refractivity contribution in [2.45, 2.75) is 45.8 Å². The molecule has 1 aromatic carbocycles. The van der Waals surface area contributed by atoms with E-state index in [-0.39, 0.29) is 23.3 Å². The maximum Gasteiger partial charge on any atom is 0.337 e. The SMILES string of the molecule is CC(C)CC(C(=O)N[C@H](C(=O)Nc1ccc(Cl)c(Cl)c1)C(C)C)P(=O)(O)O. The molecule has 0 bridgehead atoms. The molecule has 0 aromatic heterocycles. The highest BCUT2D eigenvalue weighted by Crippen LogP contribution is 2.44. The monoisotopic (exact) mass is 438 g/mol. The molecule has 0 heterocycles. The molecule has 0 aliphatic heterocycles. The number of rotatable bonds is 8. The van der Waals surface area contributed by atoms with Gasteiger partial charge in [-0.3, -0.25) is 14.2 Å². The third-order valence-electron chi connectivity index (χ3n) is 3.84. The number of carbonyl (C=O) groups is 2. The molecule has 152 valence electrons. The Kier molecular flexibility index (Phi) is 8.77. The minimum absolute atomic E-state index is 0.00926. The second-order valence-corrected chi connectivity index (χ2v) is 9.70. The average Bonchev–Trinajstić information content (AvgIpc) is 2.52. The molecule has 2 atom stereocenters. The molecule has 1 rings (SSSR count). The molecule has 0 aliphatic rings. The third-order valence-corrected chi connectivity index (χ3v) is 5.83. The number of halogens is 2. The van der Waals surface area contributed by atoms with E-state index in [0.29, 0.717) is 10.7 Å². The number of hydrogen-bond donors (Lipinski definition) is 4. The summed E-state index contributed by atoms with van der Waals surface area (Å²) in [6, 6.07) is 3.57. The van der Waals surface area contributed by atoms with E-state index in [0.717, 1.165) is 0 Å². The van der Waals surface area contributed by atoms with Gasteiger partial charge in [0.05, 0.1) is 10.0 Å². The first-order chi connectivity index (χ1) is 12.3. The van der Waals surface area contributed by atoms with Crippen molar-refractivity contribution in [3.63, 3.8) is 0 Å². The summed E-state index contributed by atoms with van der Waals surface area (Å²) in [5.74, 6) is -1.78.